The third-order valence-corrected chi connectivity index (χ3v) is 3.11. The molecule has 0 amide bonds. The summed E-state index contributed by atoms with van der Waals surface area (Å²) in [6.07, 6.45) is 1.45. The highest BCUT2D eigenvalue weighted by atomic mass is 31.2. The number of carbonyl (C=O) groups excluding carboxylic acids is 1. The Morgan fingerprint density at radius 1 is 1.29 bits per heavy atom. The van der Waals surface area contributed by atoms with Crippen LogP contribution in [0.25, 0.3) is 0 Å². The average Bonchev–Trinajstić information content (AvgIpc) is 2.38. The number of ether oxygens (including phenoxy) is 1. The van der Waals surface area contributed by atoms with Gasteiger partial charge in [0.1, 0.15) is 5.56 Å². The first-order valence-corrected chi connectivity index (χ1v) is 5.97. The molecule has 0 aliphatic carbocycles. The molecule has 0 atom stereocenters. The second-order valence-corrected chi connectivity index (χ2v) is 4.56. The summed E-state index contributed by atoms with van der Waals surface area (Å²) in [6.45, 7) is 0. The van der Waals surface area contributed by atoms with Crippen LogP contribution >= 0.6 is 7.82 Å². The highest BCUT2D eigenvalue weighted by Gasteiger charge is 2.30. The molecule has 0 unspecified atom stereocenters. The summed E-state index contributed by atoms with van der Waals surface area (Å²) in [5, 5.41) is 0. The van der Waals surface area contributed by atoms with Gasteiger partial charge in [0, 0.05) is 20.4 Å². The molecule has 0 aliphatic heterocycles. The first-order valence-electron chi connectivity index (χ1n) is 4.50. The van der Waals surface area contributed by atoms with Gasteiger partial charge in [-0.15, -0.1) is 0 Å². The highest BCUT2D eigenvalue weighted by molar-refractivity contribution is 7.49. The minimum atomic E-state index is -3.87. The Morgan fingerprint density at radius 3 is 2.47 bits per heavy atom. The van der Waals surface area contributed by atoms with E-state index in [4.69, 9.17) is 4.74 Å². The van der Waals surface area contributed by atoms with Crippen LogP contribution in [-0.2, 0) is 18.1 Å². The fraction of sp³-hybridized carbons (Fsp3) is 0.333. The Bertz CT molecular complexity index is 441. The molecule has 7 nitrogen and oxygen atoms in total. The van der Waals surface area contributed by atoms with Crippen LogP contribution in [0.3, 0.4) is 0 Å². The minimum absolute atomic E-state index is 0.0318. The van der Waals surface area contributed by atoms with E-state index in [1.807, 2.05) is 0 Å². The van der Waals surface area contributed by atoms with Gasteiger partial charge in [-0.05, 0) is 12.1 Å². The van der Waals surface area contributed by atoms with Crippen molar-refractivity contribution in [2.24, 2.45) is 0 Å². The molecule has 1 rings (SSSR count). The van der Waals surface area contributed by atoms with Crippen LogP contribution in [0.15, 0.2) is 18.3 Å². The van der Waals surface area contributed by atoms with E-state index >= 15 is 0 Å². The van der Waals surface area contributed by atoms with Crippen LogP contribution in [0, 0.1) is 0 Å². The molecule has 0 aliphatic rings. The van der Waals surface area contributed by atoms with Gasteiger partial charge in [0.15, 0.2) is 0 Å². The fourth-order valence-corrected chi connectivity index (χ4v) is 1.61. The van der Waals surface area contributed by atoms with Crippen LogP contribution in [0.2, 0.25) is 0 Å². The van der Waals surface area contributed by atoms with E-state index in [1.165, 1.54) is 25.4 Å². The lowest BCUT2D eigenvalue weighted by Gasteiger charge is -2.13. The molecule has 17 heavy (non-hydrogen) atoms. The number of phosphoric ester groups is 1. The lowest BCUT2D eigenvalue weighted by molar-refractivity contribution is 0.0638. The zero-order valence-electron chi connectivity index (χ0n) is 9.58. The summed E-state index contributed by atoms with van der Waals surface area (Å²) < 4.78 is 30.0. The minimum Gasteiger partial charge on any atom is -0.480 e. The summed E-state index contributed by atoms with van der Waals surface area (Å²) in [5.74, 6) is -0.835. The van der Waals surface area contributed by atoms with E-state index in [2.05, 4.69) is 18.6 Å². The van der Waals surface area contributed by atoms with Gasteiger partial charge in [-0.1, -0.05) is 0 Å². The second kappa shape index (κ2) is 5.77. The number of rotatable bonds is 5. The molecule has 1 aromatic rings. The number of aromatic nitrogens is 1. The molecular formula is C9H12NO6P. The van der Waals surface area contributed by atoms with E-state index in [0.29, 0.717) is 0 Å². The number of hydrogen-bond acceptors (Lipinski definition) is 7. The van der Waals surface area contributed by atoms with Crippen LogP contribution in [0.5, 0.6) is 5.88 Å². The topological polar surface area (TPSA) is 84.0 Å². The predicted octanol–water partition coefficient (Wildman–Crippen LogP) is 1.65. The molecule has 0 saturated carbocycles. The van der Waals surface area contributed by atoms with Gasteiger partial charge < -0.3 is 9.26 Å². The SMILES string of the molecule is COc1ncccc1C(=O)OP(=O)(OC)OC. The maximum Gasteiger partial charge on any atom is 0.531 e. The molecule has 0 aromatic carbocycles. The van der Waals surface area contributed by atoms with Crippen molar-refractivity contribution in [1.82, 2.24) is 4.98 Å². The van der Waals surface area contributed by atoms with Crippen molar-refractivity contribution >= 4 is 13.8 Å². The van der Waals surface area contributed by atoms with Gasteiger partial charge in [0.25, 0.3) is 0 Å². The molecule has 0 saturated heterocycles. The van der Waals surface area contributed by atoms with E-state index in [0.717, 1.165) is 14.2 Å². The first kappa shape index (κ1) is 13.6. The maximum absolute atomic E-state index is 11.7. The van der Waals surface area contributed by atoms with Crippen molar-refractivity contribution in [2.45, 2.75) is 0 Å². The zero-order valence-corrected chi connectivity index (χ0v) is 10.5. The Morgan fingerprint density at radius 2 is 1.94 bits per heavy atom. The van der Waals surface area contributed by atoms with Gasteiger partial charge in [0.05, 0.1) is 7.11 Å². The molecular weight excluding hydrogens is 249 g/mol. The van der Waals surface area contributed by atoms with Gasteiger partial charge in [-0.2, -0.15) is 0 Å². The van der Waals surface area contributed by atoms with E-state index < -0.39 is 13.8 Å². The van der Waals surface area contributed by atoms with Crippen molar-refractivity contribution in [3.63, 3.8) is 0 Å². The van der Waals surface area contributed by atoms with Gasteiger partial charge in [-0.3, -0.25) is 9.05 Å². The fourth-order valence-electron chi connectivity index (χ4n) is 1.01. The third-order valence-electron chi connectivity index (χ3n) is 1.83. The van der Waals surface area contributed by atoms with Gasteiger partial charge >= 0.3 is 13.8 Å². The van der Waals surface area contributed by atoms with Crippen LogP contribution in [0.4, 0.5) is 0 Å². The lowest BCUT2D eigenvalue weighted by Crippen LogP contribution is -2.08. The Hall–Kier alpha value is -1.43. The third kappa shape index (κ3) is 3.26. The van der Waals surface area contributed by atoms with Crippen molar-refractivity contribution in [1.29, 1.82) is 0 Å². The van der Waals surface area contributed by atoms with E-state index in [9.17, 15) is 9.36 Å². The molecule has 1 aromatic heterocycles. The number of methoxy groups -OCH3 is 1. The summed E-state index contributed by atoms with van der Waals surface area (Å²) in [7, 11) is -0.295. The molecule has 0 spiro atoms. The lowest BCUT2D eigenvalue weighted by atomic mass is 10.3. The summed E-state index contributed by atoms with van der Waals surface area (Å²) >= 11 is 0. The summed E-state index contributed by atoms with van der Waals surface area (Å²) in [5.41, 5.74) is 0.0318. The largest absolute Gasteiger partial charge is 0.531 e. The average molecular weight is 261 g/mol. The molecule has 0 fully saturated rings. The Kier molecular flexibility index (Phi) is 4.62. The predicted molar refractivity (Wildman–Crippen MR) is 57.8 cm³/mol. The van der Waals surface area contributed by atoms with Crippen LogP contribution in [-0.4, -0.2) is 32.3 Å². The Labute approximate surface area is 98.3 Å². The van der Waals surface area contributed by atoms with Crippen molar-refractivity contribution in [2.75, 3.05) is 21.3 Å². The number of carbonyl (C=O) groups is 1. The van der Waals surface area contributed by atoms with E-state index in [-0.39, 0.29) is 11.4 Å². The molecule has 1 heterocycles. The smallest absolute Gasteiger partial charge is 0.480 e. The maximum atomic E-state index is 11.7. The second-order valence-electron chi connectivity index (χ2n) is 2.75. The molecule has 0 radical (unpaired) electrons. The van der Waals surface area contributed by atoms with Crippen molar-refractivity contribution in [3.8, 4) is 5.88 Å². The Balaban J connectivity index is 2.94. The quantitative estimate of drug-likeness (QED) is 0.745. The molecule has 94 valence electrons. The molecule has 0 N–H and O–H groups in total. The monoisotopic (exact) mass is 261 g/mol. The standard InChI is InChI=1S/C9H12NO6P/c1-13-8-7(5-4-6-10-8)9(11)16-17(12,14-2)15-3/h4-6H,1-3H3. The van der Waals surface area contributed by atoms with Crippen LogP contribution in [0.1, 0.15) is 10.4 Å². The number of pyridine rings is 1. The molecule has 0 bridgehead atoms. The number of nitrogens with zero attached hydrogens (tertiary/aromatic N) is 1. The van der Waals surface area contributed by atoms with Crippen molar-refractivity contribution < 1.29 is 27.7 Å². The van der Waals surface area contributed by atoms with Crippen molar-refractivity contribution in [3.05, 3.63) is 23.9 Å². The van der Waals surface area contributed by atoms with Gasteiger partial charge in [0.2, 0.25) is 5.88 Å². The first-order chi connectivity index (χ1) is 8.06. The van der Waals surface area contributed by atoms with Gasteiger partial charge in [-0.25, -0.2) is 14.3 Å². The number of phosphoric acid groups is 1. The van der Waals surface area contributed by atoms with Crippen LogP contribution < -0.4 is 4.74 Å². The van der Waals surface area contributed by atoms with E-state index in [1.54, 1.807) is 0 Å². The number of hydrogen-bond donors (Lipinski definition) is 0. The summed E-state index contributed by atoms with van der Waals surface area (Å²) in [4.78, 5) is 15.5. The normalized spacial score (nSPS) is 11.0. The highest BCUT2D eigenvalue weighted by Crippen LogP contribution is 2.48. The zero-order chi connectivity index (χ0) is 12.9. The molecule has 8 heteroatoms. The summed E-state index contributed by atoms with van der Waals surface area (Å²) in [6, 6.07) is 2.94.